The summed E-state index contributed by atoms with van der Waals surface area (Å²) in [5.74, 6) is 1.81. The third-order valence-electron chi connectivity index (χ3n) is 5.89. The molecule has 0 atom stereocenters. The summed E-state index contributed by atoms with van der Waals surface area (Å²) in [5.41, 5.74) is 0.628. The standard InChI is InChI=1S/C19H35N3O2.HI/c1-2-20-18(22-11-9-19(16-22)7-3-8-19)21-10-4-12-24-15-17-5-13-23-14-6-17;/h17H,2-16H2,1H3,(H,20,21);1H. The second kappa shape index (κ2) is 10.9. The molecule has 146 valence electrons. The zero-order valence-corrected chi connectivity index (χ0v) is 18.1. The molecule has 1 spiro atoms. The lowest BCUT2D eigenvalue weighted by Crippen LogP contribution is -2.42. The maximum atomic E-state index is 5.84. The number of hydrogen-bond donors (Lipinski definition) is 1. The van der Waals surface area contributed by atoms with E-state index in [-0.39, 0.29) is 24.0 Å². The summed E-state index contributed by atoms with van der Waals surface area (Å²) in [4.78, 5) is 7.31. The molecule has 1 aliphatic carbocycles. The summed E-state index contributed by atoms with van der Waals surface area (Å²) >= 11 is 0. The van der Waals surface area contributed by atoms with Gasteiger partial charge in [0.15, 0.2) is 5.96 Å². The van der Waals surface area contributed by atoms with Crippen molar-refractivity contribution in [3.8, 4) is 0 Å². The van der Waals surface area contributed by atoms with E-state index in [4.69, 9.17) is 14.5 Å². The van der Waals surface area contributed by atoms with Crippen molar-refractivity contribution in [2.75, 3.05) is 52.6 Å². The first-order valence-electron chi connectivity index (χ1n) is 10.0. The van der Waals surface area contributed by atoms with Crippen LogP contribution >= 0.6 is 24.0 Å². The number of halogens is 1. The van der Waals surface area contributed by atoms with Crippen molar-refractivity contribution in [2.24, 2.45) is 16.3 Å². The van der Waals surface area contributed by atoms with E-state index in [9.17, 15) is 0 Å². The van der Waals surface area contributed by atoms with Gasteiger partial charge in [-0.15, -0.1) is 24.0 Å². The van der Waals surface area contributed by atoms with Crippen LogP contribution in [0.4, 0.5) is 0 Å². The number of hydrogen-bond acceptors (Lipinski definition) is 3. The molecule has 3 rings (SSSR count). The van der Waals surface area contributed by atoms with E-state index in [0.717, 1.165) is 64.7 Å². The van der Waals surface area contributed by atoms with Crippen LogP contribution in [0.15, 0.2) is 4.99 Å². The molecule has 0 radical (unpaired) electrons. The molecule has 0 bridgehead atoms. The molecule has 0 aromatic rings. The van der Waals surface area contributed by atoms with E-state index < -0.39 is 0 Å². The van der Waals surface area contributed by atoms with Crippen LogP contribution in [0.25, 0.3) is 0 Å². The first-order chi connectivity index (χ1) is 11.8. The molecular weight excluding hydrogens is 429 g/mol. The van der Waals surface area contributed by atoms with Gasteiger partial charge in [0.1, 0.15) is 0 Å². The third kappa shape index (κ3) is 6.24. The quantitative estimate of drug-likeness (QED) is 0.271. The Bertz CT molecular complexity index is 409. The summed E-state index contributed by atoms with van der Waals surface area (Å²) in [5, 5.41) is 3.47. The zero-order valence-electron chi connectivity index (χ0n) is 15.8. The monoisotopic (exact) mass is 465 g/mol. The maximum absolute atomic E-state index is 5.84. The molecule has 1 N–H and O–H groups in total. The van der Waals surface area contributed by atoms with E-state index in [1.165, 1.54) is 38.8 Å². The Morgan fingerprint density at radius 2 is 2.08 bits per heavy atom. The SMILES string of the molecule is CCNC(=NCCCOCC1CCOCC1)N1CCC2(CCC2)C1.I. The van der Waals surface area contributed by atoms with Crippen molar-refractivity contribution in [1.82, 2.24) is 10.2 Å². The van der Waals surface area contributed by atoms with Crippen molar-refractivity contribution >= 4 is 29.9 Å². The lowest BCUT2D eigenvalue weighted by molar-refractivity contribution is 0.0205. The summed E-state index contributed by atoms with van der Waals surface area (Å²) in [6.45, 7) is 9.87. The van der Waals surface area contributed by atoms with E-state index in [0.29, 0.717) is 11.3 Å². The van der Waals surface area contributed by atoms with E-state index in [2.05, 4.69) is 17.1 Å². The molecule has 6 heteroatoms. The fraction of sp³-hybridized carbons (Fsp3) is 0.947. The predicted molar refractivity (Wildman–Crippen MR) is 113 cm³/mol. The normalized spacial score (nSPS) is 23.4. The second-order valence-electron chi connectivity index (χ2n) is 7.74. The number of nitrogens with one attached hydrogen (secondary N) is 1. The van der Waals surface area contributed by atoms with Gasteiger partial charge in [-0.3, -0.25) is 4.99 Å². The second-order valence-corrected chi connectivity index (χ2v) is 7.74. The maximum Gasteiger partial charge on any atom is 0.193 e. The average molecular weight is 465 g/mol. The van der Waals surface area contributed by atoms with Crippen LogP contribution in [-0.2, 0) is 9.47 Å². The van der Waals surface area contributed by atoms with Gasteiger partial charge in [-0.1, -0.05) is 6.42 Å². The van der Waals surface area contributed by atoms with Gasteiger partial charge in [-0.05, 0) is 56.8 Å². The molecule has 1 saturated carbocycles. The number of rotatable bonds is 7. The van der Waals surface area contributed by atoms with Crippen molar-refractivity contribution in [1.29, 1.82) is 0 Å². The topological polar surface area (TPSA) is 46.1 Å². The molecule has 0 aromatic heterocycles. The Kier molecular flexibility index (Phi) is 9.27. The van der Waals surface area contributed by atoms with Crippen molar-refractivity contribution in [2.45, 2.75) is 51.9 Å². The Balaban J connectivity index is 0.00000225. The smallest absolute Gasteiger partial charge is 0.193 e. The molecule has 0 unspecified atom stereocenters. The summed E-state index contributed by atoms with van der Waals surface area (Å²) in [6.07, 6.45) is 8.93. The minimum Gasteiger partial charge on any atom is -0.381 e. The molecule has 2 heterocycles. The predicted octanol–water partition coefficient (Wildman–Crippen LogP) is 3.28. The minimum atomic E-state index is 0. The molecule has 0 amide bonds. The van der Waals surface area contributed by atoms with Crippen LogP contribution in [0.5, 0.6) is 0 Å². The molecule has 2 saturated heterocycles. The lowest BCUT2D eigenvalue weighted by Gasteiger charge is -2.38. The van der Waals surface area contributed by atoms with Crippen molar-refractivity contribution in [3.63, 3.8) is 0 Å². The van der Waals surface area contributed by atoms with Gasteiger partial charge in [0.25, 0.3) is 0 Å². The zero-order chi connectivity index (χ0) is 16.7. The largest absolute Gasteiger partial charge is 0.381 e. The number of likely N-dealkylation sites (tertiary alicyclic amines) is 1. The van der Waals surface area contributed by atoms with Crippen LogP contribution in [0.1, 0.15) is 51.9 Å². The molecule has 3 fully saturated rings. The van der Waals surface area contributed by atoms with Crippen LogP contribution in [-0.4, -0.2) is 63.5 Å². The summed E-state index contributed by atoms with van der Waals surface area (Å²) in [7, 11) is 0. The van der Waals surface area contributed by atoms with Gasteiger partial charge in [-0.25, -0.2) is 0 Å². The summed E-state index contributed by atoms with van der Waals surface area (Å²) < 4.78 is 11.2. The Hall–Kier alpha value is -0.0800. The van der Waals surface area contributed by atoms with Crippen LogP contribution in [0, 0.1) is 11.3 Å². The Labute approximate surface area is 170 Å². The molecule has 25 heavy (non-hydrogen) atoms. The van der Waals surface area contributed by atoms with Crippen LogP contribution in [0.3, 0.4) is 0 Å². The van der Waals surface area contributed by atoms with Crippen LogP contribution in [0.2, 0.25) is 0 Å². The highest BCUT2D eigenvalue weighted by Gasteiger charge is 2.43. The summed E-state index contributed by atoms with van der Waals surface area (Å²) in [6, 6.07) is 0. The molecule has 5 nitrogen and oxygen atoms in total. The third-order valence-corrected chi connectivity index (χ3v) is 5.89. The molecular formula is C19H36IN3O2. The highest BCUT2D eigenvalue weighted by Crippen LogP contribution is 2.47. The van der Waals surface area contributed by atoms with Gasteiger partial charge in [0.2, 0.25) is 0 Å². The minimum absolute atomic E-state index is 0. The van der Waals surface area contributed by atoms with Crippen LogP contribution < -0.4 is 5.32 Å². The lowest BCUT2D eigenvalue weighted by atomic mass is 9.68. The number of ether oxygens (including phenoxy) is 2. The van der Waals surface area contributed by atoms with Gasteiger partial charge in [0.05, 0.1) is 0 Å². The van der Waals surface area contributed by atoms with E-state index >= 15 is 0 Å². The fourth-order valence-corrected chi connectivity index (χ4v) is 4.14. The first kappa shape index (κ1) is 21.2. The van der Waals surface area contributed by atoms with E-state index in [1.807, 2.05) is 0 Å². The molecule has 3 aliphatic rings. The number of nitrogens with zero attached hydrogens (tertiary/aromatic N) is 2. The Morgan fingerprint density at radius 3 is 2.72 bits per heavy atom. The van der Waals surface area contributed by atoms with Gasteiger partial charge < -0.3 is 19.7 Å². The first-order valence-corrected chi connectivity index (χ1v) is 10.0. The van der Waals surface area contributed by atoms with E-state index in [1.54, 1.807) is 0 Å². The average Bonchev–Trinajstić information content (AvgIpc) is 3.04. The van der Waals surface area contributed by atoms with Gasteiger partial charge in [0, 0.05) is 52.6 Å². The molecule has 2 aliphatic heterocycles. The van der Waals surface area contributed by atoms with Gasteiger partial charge in [-0.2, -0.15) is 0 Å². The number of aliphatic imine (C=N–C) groups is 1. The fourth-order valence-electron chi connectivity index (χ4n) is 4.14. The highest BCUT2D eigenvalue weighted by molar-refractivity contribution is 14.0. The van der Waals surface area contributed by atoms with Gasteiger partial charge >= 0.3 is 0 Å². The number of guanidine groups is 1. The Morgan fingerprint density at radius 1 is 1.28 bits per heavy atom. The van der Waals surface area contributed by atoms with Crippen molar-refractivity contribution < 1.29 is 9.47 Å². The highest BCUT2D eigenvalue weighted by atomic mass is 127. The van der Waals surface area contributed by atoms with Crippen molar-refractivity contribution in [3.05, 3.63) is 0 Å². The molecule has 0 aromatic carbocycles.